The summed E-state index contributed by atoms with van der Waals surface area (Å²) in [6, 6.07) is 5.05. The van der Waals surface area contributed by atoms with Crippen molar-refractivity contribution in [2.45, 2.75) is 31.3 Å². The number of rotatable bonds is 5. The molecule has 18 heavy (non-hydrogen) atoms. The standard InChI is InChI=1S/C13H16ClNO3/c14-8-4-5-12(18-9-2-1-3-9)10(6-8)11(7-15)13(16)17/h4-6,9,11H,1-3,7,15H2,(H,16,17). The van der Waals surface area contributed by atoms with Crippen molar-refractivity contribution >= 4 is 17.6 Å². The zero-order chi connectivity index (χ0) is 13.1. The Morgan fingerprint density at radius 2 is 2.28 bits per heavy atom. The molecular formula is C13H16ClNO3. The minimum atomic E-state index is -0.960. The number of aliphatic carboxylic acids is 1. The van der Waals surface area contributed by atoms with Crippen LogP contribution in [0.1, 0.15) is 30.7 Å². The predicted octanol–water partition coefficient (Wildman–Crippen LogP) is 2.40. The van der Waals surface area contributed by atoms with E-state index in [4.69, 9.17) is 27.2 Å². The number of halogens is 1. The Morgan fingerprint density at radius 1 is 1.56 bits per heavy atom. The van der Waals surface area contributed by atoms with Crippen LogP contribution in [0.15, 0.2) is 18.2 Å². The molecule has 0 bridgehead atoms. The minimum absolute atomic E-state index is 0.0245. The van der Waals surface area contributed by atoms with E-state index in [0.29, 0.717) is 16.3 Å². The van der Waals surface area contributed by atoms with Crippen LogP contribution < -0.4 is 10.5 Å². The second-order valence-electron chi connectivity index (χ2n) is 4.48. The van der Waals surface area contributed by atoms with Gasteiger partial charge in [-0.15, -0.1) is 0 Å². The number of hydrogen-bond donors (Lipinski definition) is 2. The molecule has 1 atom stereocenters. The van der Waals surface area contributed by atoms with Crippen molar-refractivity contribution in [2.24, 2.45) is 5.73 Å². The van der Waals surface area contributed by atoms with E-state index in [9.17, 15) is 4.79 Å². The van der Waals surface area contributed by atoms with Gasteiger partial charge < -0.3 is 15.6 Å². The van der Waals surface area contributed by atoms with Crippen LogP contribution in [0.25, 0.3) is 0 Å². The van der Waals surface area contributed by atoms with Gasteiger partial charge in [0.2, 0.25) is 0 Å². The monoisotopic (exact) mass is 269 g/mol. The third kappa shape index (κ3) is 2.76. The SMILES string of the molecule is NCC(C(=O)O)c1cc(Cl)ccc1OC1CCC1. The highest BCUT2D eigenvalue weighted by Crippen LogP contribution is 2.33. The second-order valence-corrected chi connectivity index (χ2v) is 4.92. The molecule has 0 aromatic heterocycles. The molecule has 1 aromatic carbocycles. The summed E-state index contributed by atoms with van der Waals surface area (Å²) in [6.07, 6.45) is 3.38. The van der Waals surface area contributed by atoms with E-state index in [1.807, 2.05) is 0 Å². The molecule has 4 nitrogen and oxygen atoms in total. The van der Waals surface area contributed by atoms with Crippen LogP contribution in [0.5, 0.6) is 5.75 Å². The lowest BCUT2D eigenvalue weighted by atomic mass is 9.95. The van der Waals surface area contributed by atoms with E-state index in [1.165, 1.54) is 0 Å². The second kappa shape index (κ2) is 5.59. The summed E-state index contributed by atoms with van der Waals surface area (Å²) in [5.74, 6) is -1.15. The fourth-order valence-corrected chi connectivity index (χ4v) is 2.11. The first-order chi connectivity index (χ1) is 8.61. The van der Waals surface area contributed by atoms with Crippen molar-refractivity contribution in [2.75, 3.05) is 6.54 Å². The summed E-state index contributed by atoms with van der Waals surface area (Å²) in [7, 11) is 0. The molecule has 2 rings (SSSR count). The van der Waals surface area contributed by atoms with Crippen molar-refractivity contribution in [1.29, 1.82) is 0 Å². The normalized spacial score (nSPS) is 17.0. The smallest absolute Gasteiger partial charge is 0.312 e. The van der Waals surface area contributed by atoms with Crippen molar-refractivity contribution in [3.05, 3.63) is 28.8 Å². The Morgan fingerprint density at radius 3 is 2.78 bits per heavy atom. The first-order valence-corrected chi connectivity index (χ1v) is 6.38. The maximum Gasteiger partial charge on any atom is 0.312 e. The molecule has 1 aliphatic carbocycles. The van der Waals surface area contributed by atoms with E-state index in [-0.39, 0.29) is 12.6 Å². The van der Waals surface area contributed by atoms with E-state index >= 15 is 0 Å². The van der Waals surface area contributed by atoms with Crippen LogP contribution in [-0.2, 0) is 4.79 Å². The Kier molecular flexibility index (Phi) is 4.09. The van der Waals surface area contributed by atoms with Gasteiger partial charge in [0.15, 0.2) is 0 Å². The van der Waals surface area contributed by atoms with Gasteiger partial charge in [0.05, 0.1) is 12.0 Å². The number of benzene rings is 1. The summed E-state index contributed by atoms with van der Waals surface area (Å²) in [5, 5.41) is 9.66. The van der Waals surface area contributed by atoms with Crippen LogP contribution >= 0.6 is 11.6 Å². The van der Waals surface area contributed by atoms with Crippen LogP contribution in [-0.4, -0.2) is 23.7 Å². The number of carbonyl (C=O) groups is 1. The Bertz CT molecular complexity index is 446. The third-order valence-electron chi connectivity index (χ3n) is 3.23. The Balaban J connectivity index is 2.29. The lowest BCUT2D eigenvalue weighted by Crippen LogP contribution is -2.27. The molecule has 1 aromatic rings. The van der Waals surface area contributed by atoms with E-state index < -0.39 is 11.9 Å². The lowest BCUT2D eigenvalue weighted by Gasteiger charge is -2.28. The minimum Gasteiger partial charge on any atom is -0.490 e. The first kappa shape index (κ1) is 13.2. The third-order valence-corrected chi connectivity index (χ3v) is 3.46. The number of carboxylic acid groups (broad SMARTS) is 1. The number of hydrogen-bond acceptors (Lipinski definition) is 3. The lowest BCUT2D eigenvalue weighted by molar-refractivity contribution is -0.138. The molecule has 5 heteroatoms. The highest BCUT2D eigenvalue weighted by molar-refractivity contribution is 6.30. The van der Waals surface area contributed by atoms with Gasteiger partial charge in [0, 0.05) is 17.1 Å². The number of carboxylic acids is 1. The maximum atomic E-state index is 11.2. The van der Waals surface area contributed by atoms with E-state index in [1.54, 1.807) is 18.2 Å². The maximum absolute atomic E-state index is 11.2. The van der Waals surface area contributed by atoms with E-state index in [2.05, 4.69) is 0 Å². The van der Waals surface area contributed by atoms with Gasteiger partial charge >= 0.3 is 5.97 Å². The zero-order valence-corrected chi connectivity index (χ0v) is 10.7. The zero-order valence-electron chi connectivity index (χ0n) is 9.93. The quantitative estimate of drug-likeness (QED) is 0.861. The first-order valence-electron chi connectivity index (χ1n) is 6.00. The Hall–Kier alpha value is -1.26. The van der Waals surface area contributed by atoms with Crippen LogP contribution in [0.3, 0.4) is 0 Å². The molecule has 1 fully saturated rings. The molecule has 0 saturated heterocycles. The predicted molar refractivity (Wildman–Crippen MR) is 69.2 cm³/mol. The van der Waals surface area contributed by atoms with Gasteiger partial charge in [-0.2, -0.15) is 0 Å². The summed E-state index contributed by atoms with van der Waals surface area (Å²) < 4.78 is 5.79. The van der Waals surface area contributed by atoms with Crippen molar-refractivity contribution < 1.29 is 14.6 Å². The molecule has 0 spiro atoms. The van der Waals surface area contributed by atoms with Crippen LogP contribution in [0.2, 0.25) is 5.02 Å². The molecule has 1 saturated carbocycles. The summed E-state index contributed by atoms with van der Waals surface area (Å²) >= 11 is 5.92. The van der Waals surface area contributed by atoms with Gasteiger partial charge in [-0.05, 0) is 37.5 Å². The molecule has 1 aliphatic rings. The van der Waals surface area contributed by atoms with Crippen molar-refractivity contribution in [3.63, 3.8) is 0 Å². The molecule has 0 amide bonds. The highest BCUT2D eigenvalue weighted by atomic mass is 35.5. The molecule has 1 unspecified atom stereocenters. The highest BCUT2D eigenvalue weighted by Gasteiger charge is 2.25. The summed E-state index contributed by atoms with van der Waals surface area (Å²) in [5.41, 5.74) is 6.08. The van der Waals surface area contributed by atoms with Crippen LogP contribution in [0, 0.1) is 0 Å². The Labute approximate surface area is 111 Å². The molecule has 0 radical (unpaired) electrons. The molecule has 98 valence electrons. The summed E-state index contributed by atoms with van der Waals surface area (Å²) in [6.45, 7) is 0.0245. The number of nitrogens with two attached hydrogens (primary N) is 1. The van der Waals surface area contributed by atoms with Crippen molar-refractivity contribution in [1.82, 2.24) is 0 Å². The van der Waals surface area contributed by atoms with Gasteiger partial charge in [0.25, 0.3) is 0 Å². The van der Waals surface area contributed by atoms with Crippen molar-refractivity contribution in [3.8, 4) is 5.75 Å². The molecule has 3 N–H and O–H groups in total. The average molecular weight is 270 g/mol. The molecular weight excluding hydrogens is 254 g/mol. The largest absolute Gasteiger partial charge is 0.490 e. The molecule has 0 heterocycles. The average Bonchev–Trinajstić information content (AvgIpc) is 2.26. The van der Waals surface area contributed by atoms with Gasteiger partial charge in [0.1, 0.15) is 5.75 Å². The van der Waals surface area contributed by atoms with Gasteiger partial charge in [-0.1, -0.05) is 11.6 Å². The van der Waals surface area contributed by atoms with E-state index in [0.717, 1.165) is 19.3 Å². The number of ether oxygens (including phenoxy) is 1. The fourth-order valence-electron chi connectivity index (χ4n) is 1.93. The fraction of sp³-hybridized carbons (Fsp3) is 0.462. The summed E-state index contributed by atoms with van der Waals surface area (Å²) in [4.78, 5) is 11.2. The van der Waals surface area contributed by atoms with Gasteiger partial charge in [-0.25, -0.2) is 0 Å². The van der Waals surface area contributed by atoms with Crippen LogP contribution in [0.4, 0.5) is 0 Å². The molecule has 0 aliphatic heterocycles. The van der Waals surface area contributed by atoms with Gasteiger partial charge in [-0.3, -0.25) is 4.79 Å². The topological polar surface area (TPSA) is 72.6 Å².